The smallest absolute Gasteiger partial charge is 0.244 e. The van der Waals surface area contributed by atoms with Crippen LogP contribution in [0.25, 0.3) is 0 Å². The van der Waals surface area contributed by atoms with Gasteiger partial charge in [-0.25, -0.2) is 4.39 Å². The molecule has 8 heteroatoms. The lowest BCUT2D eigenvalue weighted by molar-refractivity contribution is 0.395. The predicted octanol–water partition coefficient (Wildman–Crippen LogP) is 3.38. The number of nitrogens with one attached hydrogen (secondary N) is 2. The minimum atomic E-state index is -0.287. The standard InChI is InChI=1S/C18H18FN5O2/c1-25-13-7-8-15(16(9-13)26-2)22-17-11-21-24-18(23-17)20-10-12-5-3-4-6-14(12)19/h3-9,11H,10H2,1-2H3,(H2,20,22,23,24). The van der Waals surface area contributed by atoms with Crippen LogP contribution in [-0.2, 0) is 6.54 Å². The molecule has 134 valence electrons. The number of aromatic nitrogens is 3. The molecule has 3 aromatic rings. The zero-order chi connectivity index (χ0) is 18.4. The first kappa shape index (κ1) is 17.4. The number of benzene rings is 2. The highest BCUT2D eigenvalue weighted by atomic mass is 19.1. The van der Waals surface area contributed by atoms with Crippen molar-refractivity contribution in [3.63, 3.8) is 0 Å². The largest absolute Gasteiger partial charge is 0.497 e. The van der Waals surface area contributed by atoms with E-state index in [1.807, 2.05) is 6.07 Å². The van der Waals surface area contributed by atoms with Gasteiger partial charge in [-0.2, -0.15) is 10.1 Å². The summed E-state index contributed by atoms with van der Waals surface area (Å²) in [7, 11) is 3.16. The Hall–Kier alpha value is -3.42. The van der Waals surface area contributed by atoms with Gasteiger partial charge in [-0.3, -0.25) is 0 Å². The summed E-state index contributed by atoms with van der Waals surface area (Å²) < 4.78 is 24.2. The first-order chi connectivity index (χ1) is 12.7. The summed E-state index contributed by atoms with van der Waals surface area (Å²) in [5.41, 5.74) is 1.22. The zero-order valence-electron chi connectivity index (χ0n) is 14.4. The lowest BCUT2D eigenvalue weighted by Gasteiger charge is -2.12. The maximum atomic E-state index is 13.7. The van der Waals surface area contributed by atoms with Crippen LogP contribution in [0.3, 0.4) is 0 Å². The Balaban J connectivity index is 1.72. The third kappa shape index (κ3) is 4.15. The van der Waals surface area contributed by atoms with Crippen LogP contribution in [0.1, 0.15) is 5.56 Å². The Morgan fingerprint density at radius 3 is 2.69 bits per heavy atom. The van der Waals surface area contributed by atoms with Gasteiger partial charge in [0.05, 0.1) is 26.1 Å². The molecule has 0 bridgehead atoms. The van der Waals surface area contributed by atoms with Gasteiger partial charge in [-0.15, -0.1) is 5.10 Å². The maximum absolute atomic E-state index is 13.7. The molecule has 0 spiro atoms. The van der Waals surface area contributed by atoms with Gasteiger partial charge in [0.15, 0.2) is 5.82 Å². The molecule has 0 saturated carbocycles. The highest BCUT2D eigenvalue weighted by Crippen LogP contribution is 2.30. The molecule has 1 aromatic heterocycles. The van der Waals surface area contributed by atoms with Crippen LogP contribution in [0.4, 0.5) is 21.8 Å². The molecule has 26 heavy (non-hydrogen) atoms. The second kappa shape index (κ2) is 8.11. The molecule has 0 amide bonds. The van der Waals surface area contributed by atoms with Gasteiger partial charge in [-0.05, 0) is 18.2 Å². The van der Waals surface area contributed by atoms with Crippen LogP contribution in [0.15, 0.2) is 48.7 Å². The first-order valence-electron chi connectivity index (χ1n) is 7.85. The highest BCUT2D eigenvalue weighted by Gasteiger charge is 2.08. The Labute approximate surface area is 150 Å². The Morgan fingerprint density at radius 2 is 1.92 bits per heavy atom. The van der Waals surface area contributed by atoms with Gasteiger partial charge >= 0.3 is 0 Å². The number of hydrogen-bond acceptors (Lipinski definition) is 7. The first-order valence-corrected chi connectivity index (χ1v) is 7.85. The van der Waals surface area contributed by atoms with Crippen LogP contribution in [-0.4, -0.2) is 29.4 Å². The van der Waals surface area contributed by atoms with Crippen molar-refractivity contribution in [1.29, 1.82) is 0 Å². The van der Waals surface area contributed by atoms with Gasteiger partial charge in [0.1, 0.15) is 17.3 Å². The molecular formula is C18H18FN5O2. The van der Waals surface area contributed by atoms with Crippen molar-refractivity contribution in [2.24, 2.45) is 0 Å². The van der Waals surface area contributed by atoms with Gasteiger partial charge in [0.25, 0.3) is 0 Å². The van der Waals surface area contributed by atoms with E-state index in [4.69, 9.17) is 9.47 Å². The van der Waals surface area contributed by atoms with Crippen molar-refractivity contribution in [3.8, 4) is 11.5 Å². The second-order valence-corrected chi connectivity index (χ2v) is 5.30. The van der Waals surface area contributed by atoms with Crippen LogP contribution >= 0.6 is 0 Å². The molecule has 0 aliphatic heterocycles. The summed E-state index contributed by atoms with van der Waals surface area (Å²) >= 11 is 0. The van der Waals surface area contributed by atoms with Crippen LogP contribution < -0.4 is 20.1 Å². The summed E-state index contributed by atoms with van der Waals surface area (Å²) in [6.45, 7) is 0.254. The highest BCUT2D eigenvalue weighted by molar-refractivity contribution is 5.65. The van der Waals surface area contributed by atoms with E-state index in [1.54, 1.807) is 44.6 Å². The molecule has 2 N–H and O–H groups in total. The minimum Gasteiger partial charge on any atom is -0.497 e. The molecule has 0 atom stereocenters. The fourth-order valence-corrected chi connectivity index (χ4v) is 2.29. The summed E-state index contributed by atoms with van der Waals surface area (Å²) in [6, 6.07) is 11.9. The fourth-order valence-electron chi connectivity index (χ4n) is 2.29. The van der Waals surface area contributed by atoms with E-state index in [-0.39, 0.29) is 18.3 Å². The monoisotopic (exact) mass is 355 g/mol. The Morgan fingerprint density at radius 1 is 1.08 bits per heavy atom. The third-order valence-corrected chi connectivity index (χ3v) is 3.63. The number of hydrogen-bond donors (Lipinski definition) is 2. The van der Waals surface area contributed by atoms with Gasteiger partial charge in [-0.1, -0.05) is 18.2 Å². The lowest BCUT2D eigenvalue weighted by Crippen LogP contribution is -2.07. The number of anilines is 3. The molecule has 7 nitrogen and oxygen atoms in total. The SMILES string of the molecule is COc1ccc(Nc2cnnc(NCc3ccccc3F)n2)c(OC)c1. The van der Waals surface area contributed by atoms with Crippen LogP contribution in [0.2, 0.25) is 0 Å². The number of ether oxygens (including phenoxy) is 2. The minimum absolute atomic E-state index is 0.254. The van der Waals surface area contributed by atoms with E-state index in [0.29, 0.717) is 28.6 Å². The molecule has 0 radical (unpaired) electrons. The van der Waals surface area contributed by atoms with Gasteiger partial charge < -0.3 is 20.1 Å². The fraction of sp³-hybridized carbons (Fsp3) is 0.167. The normalized spacial score (nSPS) is 10.3. The second-order valence-electron chi connectivity index (χ2n) is 5.30. The van der Waals surface area contributed by atoms with Crippen molar-refractivity contribution >= 4 is 17.5 Å². The Bertz CT molecular complexity index is 891. The number of rotatable bonds is 7. The summed E-state index contributed by atoms with van der Waals surface area (Å²) in [5.74, 6) is 1.75. The van der Waals surface area contributed by atoms with Gasteiger partial charge in [0, 0.05) is 18.2 Å². The summed E-state index contributed by atoms with van der Waals surface area (Å²) in [6.07, 6.45) is 1.48. The maximum Gasteiger partial charge on any atom is 0.244 e. The molecule has 1 heterocycles. The summed E-state index contributed by atoms with van der Waals surface area (Å²) in [4.78, 5) is 4.33. The van der Waals surface area contributed by atoms with Crippen molar-refractivity contribution < 1.29 is 13.9 Å². The number of nitrogens with zero attached hydrogens (tertiary/aromatic N) is 3. The van der Waals surface area contributed by atoms with Gasteiger partial charge in [0.2, 0.25) is 5.95 Å². The molecule has 0 aliphatic rings. The lowest BCUT2D eigenvalue weighted by atomic mass is 10.2. The zero-order valence-corrected chi connectivity index (χ0v) is 14.4. The molecular weight excluding hydrogens is 337 g/mol. The topological polar surface area (TPSA) is 81.2 Å². The van der Waals surface area contributed by atoms with E-state index in [9.17, 15) is 4.39 Å². The molecule has 3 rings (SSSR count). The van der Waals surface area contributed by atoms with Crippen LogP contribution in [0, 0.1) is 5.82 Å². The van der Waals surface area contributed by atoms with Crippen molar-refractivity contribution in [2.45, 2.75) is 6.54 Å². The van der Waals surface area contributed by atoms with E-state index in [0.717, 1.165) is 0 Å². The van der Waals surface area contributed by atoms with E-state index in [2.05, 4.69) is 25.8 Å². The quantitative estimate of drug-likeness (QED) is 0.672. The molecule has 0 saturated heterocycles. The average molecular weight is 355 g/mol. The van der Waals surface area contributed by atoms with E-state index < -0.39 is 0 Å². The van der Waals surface area contributed by atoms with Crippen molar-refractivity contribution in [1.82, 2.24) is 15.2 Å². The van der Waals surface area contributed by atoms with Crippen LogP contribution in [0.5, 0.6) is 11.5 Å². The Kier molecular flexibility index (Phi) is 5.43. The molecule has 2 aromatic carbocycles. The average Bonchev–Trinajstić information content (AvgIpc) is 2.68. The van der Waals surface area contributed by atoms with E-state index >= 15 is 0 Å². The molecule has 0 aliphatic carbocycles. The van der Waals surface area contributed by atoms with Crippen molar-refractivity contribution in [2.75, 3.05) is 24.9 Å². The van der Waals surface area contributed by atoms with Crippen molar-refractivity contribution in [3.05, 3.63) is 60.0 Å². The number of halogens is 1. The molecule has 0 unspecified atom stereocenters. The third-order valence-electron chi connectivity index (χ3n) is 3.63. The summed E-state index contributed by atoms with van der Waals surface area (Å²) in [5, 5.41) is 13.9. The molecule has 0 fully saturated rings. The number of methoxy groups -OCH3 is 2. The van der Waals surface area contributed by atoms with E-state index in [1.165, 1.54) is 12.3 Å². The predicted molar refractivity (Wildman–Crippen MR) is 96.4 cm³/mol.